The molecule has 0 aliphatic carbocycles. The van der Waals surface area contributed by atoms with Crippen LogP contribution in [0.15, 0.2) is 42.6 Å². The van der Waals surface area contributed by atoms with Crippen molar-refractivity contribution in [2.24, 2.45) is 0 Å². The van der Waals surface area contributed by atoms with Crippen LogP contribution in [0.4, 0.5) is 18.0 Å². The number of rotatable bonds is 5. The lowest BCUT2D eigenvalue weighted by atomic mass is 10.2. The lowest BCUT2D eigenvalue weighted by Crippen LogP contribution is -2.42. The summed E-state index contributed by atoms with van der Waals surface area (Å²) in [5.74, 6) is -0.439. The zero-order valence-electron chi connectivity index (χ0n) is 13.7. The van der Waals surface area contributed by atoms with Crippen LogP contribution in [0.2, 0.25) is 0 Å². The molecule has 1 fully saturated rings. The van der Waals surface area contributed by atoms with Crippen molar-refractivity contribution in [1.29, 1.82) is 0 Å². The van der Waals surface area contributed by atoms with Gasteiger partial charge in [-0.1, -0.05) is 12.1 Å². The Balaban J connectivity index is 1.69. The first kappa shape index (κ1) is 18.5. The minimum Gasteiger partial charge on any atom is -0.447 e. The summed E-state index contributed by atoms with van der Waals surface area (Å²) in [5.41, 5.74) is -0.392. The van der Waals surface area contributed by atoms with Gasteiger partial charge in [0.15, 0.2) is 0 Å². The Morgan fingerprint density at radius 3 is 2.85 bits per heavy atom. The molecule has 1 aliphatic heterocycles. The fourth-order valence-electron chi connectivity index (χ4n) is 2.33. The molecule has 10 heteroatoms. The van der Waals surface area contributed by atoms with E-state index >= 15 is 0 Å². The largest absolute Gasteiger partial charge is 0.447 e. The molecule has 1 aromatic carbocycles. The van der Waals surface area contributed by atoms with Crippen molar-refractivity contribution in [2.75, 3.05) is 6.61 Å². The van der Waals surface area contributed by atoms with Crippen molar-refractivity contribution in [1.82, 2.24) is 15.6 Å². The maximum absolute atomic E-state index is 12.8. The second-order valence-corrected chi connectivity index (χ2v) is 5.61. The predicted octanol–water partition coefficient (Wildman–Crippen LogP) is 2.62. The average molecular weight is 381 g/mol. The van der Waals surface area contributed by atoms with E-state index in [4.69, 9.17) is 4.74 Å². The highest BCUT2D eigenvalue weighted by Crippen LogP contribution is 2.32. The Labute approximate surface area is 151 Å². The first-order valence-electron chi connectivity index (χ1n) is 7.83. The van der Waals surface area contributed by atoms with E-state index in [0.717, 1.165) is 12.1 Å². The fraction of sp³-hybridized carbons (Fsp3) is 0.235. The lowest BCUT2D eigenvalue weighted by Gasteiger charge is -2.13. The van der Waals surface area contributed by atoms with Crippen LogP contribution < -0.4 is 15.4 Å². The number of nitrogens with zero attached hydrogens (tertiary/aromatic N) is 1. The Bertz CT molecular complexity index is 857. The number of ether oxygens (including phenoxy) is 2. The zero-order valence-corrected chi connectivity index (χ0v) is 13.7. The summed E-state index contributed by atoms with van der Waals surface area (Å²) >= 11 is 0. The van der Waals surface area contributed by atoms with Crippen LogP contribution in [0.5, 0.6) is 11.6 Å². The third-order valence-electron chi connectivity index (χ3n) is 3.67. The summed E-state index contributed by atoms with van der Waals surface area (Å²) in [6, 6.07) is 6.80. The van der Waals surface area contributed by atoms with Crippen molar-refractivity contribution in [3.8, 4) is 11.6 Å². The second kappa shape index (κ2) is 7.52. The number of nitrogens with one attached hydrogen (secondary N) is 2. The van der Waals surface area contributed by atoms with E-state index < -0.39 is 29.8 Å². The molecule has 0 unspecified atom stereocenters. The van der Waals surface area contributed by atoms with Gasteiger partial charge in [-0.25, -0.2) is 9.78 Å². The standard InChI is InChI=1S/C17H14F3N3O4/c18-17(19,20)11-4-1-5-12(7-11)27-15-10(3-2-6-21-15)8-22-14(24)13-9-26-16(25)23-13/h1-7,13H,8-9H2,(H,22,24)(H,23,25)/t13-/m1/s1. The van der Waals surface area contributed by atoms with E-state index in [2.05, 4.69) is 20.4 Å². The number of halogens is 3. The van der Waals surface area contributed by atoms with E-state index in [0.29, 0.717) is 5.56 Å². The second-order valence-electron chi connectivity index (χ2n) is 5.61. The minimum absolute atomic E-state index is 0.00728. The van der Waals surface area contributed by atoms with Gasteiger partial charge in [-0.3, -0.25) is 4.79 Å². The van der Waals surface area contributed by atoms with E-state index in [1.807, 2.05) is 0 Å². The molecule has 0 spiro atoms. The Kier molecular flexibility index (Phi) is 5.15. The van der Waals surface area contributed by atoms with Gasteiger partial charge in [-0.05, 0) is 24.3 Å². The maximum atomic E-state index is 12.8. The third-order valence-corrected chi connectivity index (χ3v) is 3.67. The molecular weight excluding hydrogens is 367 g/mol. The van der Waals surface area contributed by atoms with Crippen molar-refractivity contribution in [2.45, 2.75) is 18.8 Å². The van der Waals surface area contributed by atoms with E-state index in [1.54, 1.807) is 12.1 Å². The molecule has 27 heavy (non-hydrogen) atoms. The Hall–Kier alpha value is -3.30. The first-order chi connectivity index (χ1) is 12.8. The number of hydrogen-bond donors (Lipinski definition) is 2. The highest BCUT2D eigenvalue weighted by Gasteiger charge is 2.31. The van der Waals surface area contributed by atoms with Gasteiger partial charge in [0.1, 0.15) is 18.4 Å². The van der Waals surface area contributed by atoms with E-state index in [-0.39, 0.29) is 24.8 Å². The van der Waals surface area contributed by atoms with Gasteiger partial charge in [-0.2, -0.15) is 13.2 Å². The Morgan fingerprint density at radius 2 is 2.15 bits per heavy atom. The monoisotopic (exact) mass is 381 g/mol. The maximum Gasteiger partial charge on any atom is 0.416 e. The van der Waals surface area contributed by atoms with Crippen LogP contribution in [0, 0.1) is 0 Å². The van der Waals surface area contributed by atoms with Gasteiger partial charge in [-0.15, -0.1) is 0 Å². The molecule has 3 rings (SSSR count). The number of benzene rings is 1. The number of aromatic nitrogens is 1. The molecule has 2 N–H and O–H groups in total. The van der Waals surface area contributed by atoms with Crippen molar-refractivity contribution >= 4 is 12.0 Å². The minimum atomic E-state index is -4.49. The van der Waals surface area contributed by atoms with Gasteiger partial charge in [0.05, 0.1) is 5.56 Å². The molecule has 2 aromatic rings. The number of hydrogen-bond acceptors (Lipinski definition) is 5. The Morgan fingerprint density at radius 1 is 1.33 bits per heavy atom. The van der Waals surface area contributed by atoms with Crippen LogP contribution in [0.25, 0.3) is 0 Å². The quantitative estimate of drug-likeness (QED) is 0.831. The summed E-state index contributed by atoms with van der Waals surface area (Å²) in [7, 11) is 0. The topological polar surface area (TPSA) is 89.6 Å². The van der Waals surface area contributed by atoms with Crippen LogP contribution in [0.1, 0.15) is 11.1 Å². The molecule has 142 valence electrons. The lowest BCUT2D eigenvalue weighted by molar-refractivity contribution is -0.137. The highest BCUT2D eigenvalue weighted by molar-refractivity contribution is 5.87. The molecule has 1 aliphatic rings. The molecule has 2 amide bonds. The number of pyridine rings is 1. The SMILES string of the molecule is O=C1N[C@@H](C(=O)NCc2cccnc2Oc2cccc(C(F)(F)F)c2)CO1. The summed E-state index contributed by atoms with van der Waals surface area (Å²) in [5, 5.41) is 4.93. The van der Waals surface area contributed by atoms with Gasteiger partial charge in [0.25, 0.3) is 0 Å². The van der Waals surface area contributed by atoms with Crippen molar-refractivity contribution in [3.05, 3.63) is 53.7 Å². The van der Waals surface area contributed by atoms with Crippen LogP contribution in [0.3, 0.4) is 0 Å². The van der Waals surface area contributed by atoms with E-state index in [1.165, 1.54) is 18.3 Å². The molecule has 0 bridgehead atoms. The summed E-state index contributed by atoms with van der Waals surface area (Å²) in [4.78, 5) is 27.0. The van der Waals surface area contributed by atoms with Gasteiger partial charge in [0.2, 0.25) is 11.8 Å². The molecule has 1 atom stereocenters. The summed E-state index contributed by atoms with van der Waals surface area (Å²) < 4.78 is 48.5. The van der Waals surface area contributed by atoms with Crippen LogP contribution in [-0.2, 0) is 22.3 Å². The molecule has 1 saturated heterocycles. The zero-order chi connectivity index (χ0) is 19.4. The smallest absolute Gasteiger partial charge is 0.416 e. The fourth-order valence-corrected chi connectivity index (χ4v) is 2.33. The normalized spacial score (nSPS) is 16.4. The van der Waals surface area contributed by atoms with Crippen molar-refractivity contribution < 1.29 is 32.2 Å². The highest BCUT2D eigenvalue weighted by atomic mass is 19.4. The van der Waals surface area contributed by atoms with E-state index in [9.17, 15) is 22.8 Å². The van der Waals surface area contributed by atoms with Gasteiger partial charge >= 0.3 is 12.3 Å². The summed E-state index contributed by atoms with van der Waals surface area (Å²) in [6.45, 7) is -0.0708. The molecule has 0 radical (unpaired) electrons. The predicted molar refractivity (Wildman–Crippen MR) is 85.9 cm³/mol. The number of amides is 2. The van der Waals surface area contributed by atoms with Gasteiger partial charge in [0, 0.05) is 18.3 Å². The number of cyclic esters (lactones) is 1. The number of alkyl halides is 3. The number of carbonyl (C=O) groups excluding carboxylic acids is 2. The number of carbonyl (C=O) groups is 2. The van der Waals surface area contributed by atoms with Crippen molar-refractivity contribution in [3.63, 3.8) is 0 Å². The van der Waals surface area contributed by atoms with Crippen LogP contribution in [-0.4, -0.2) is 29.6 Å². The summed E-state index contributed by atoms with van der Waals surface area (Å²) in [6.07, 6.45) is -3.75. The van der Waals surface area contributed by atoms with Gasteiger partial charge < -0.3 is 20.1 Å². The van der Waals surface area contributed by atoms with Crippen LogP contribution >= 0.6 is 0 Å². The molecular formula is C17H14F3N3O4. The molecule has 2 heterocycles. The average Bonchev–Trinajstić information content (AvgIpc) is 3.07. The third kappa shape index (κ3) is 4.66. The molecule has 1 aromatic heterocycles. The molecule has 7 nitrogen and oxygen atoms in total. The number of alkyl carbamates (subject to hydrolysis) is 1. The first-order valence-corrected chi connectivity index (χ1v) is 7.83. The molecule has 0 saturated carbocycles.